The second-order valence-corrected chi connectivity index (χ2v) is 7.52. The number of amides is 2. The van der Waals surface area contributed by atoms with Crippen LogP contribution in [0.2, 0.25) is 0 Å². The van der Waals surface area contributed by atoms with Crippen LogP contribution >= 0.6 is 15.9 Å². The predicted molar refractivity (Wildman–Crippen MR) is 119 cm³/mol. The van der Waals surface area contributed by atoms with E-state index in [0.717, 1.165) is 15.6 Å². The van der Waals surface area contributed by atoms with E-state index in [-0.39, 0.29) is 11.8 Å². The number of anilines is 2. The highest BCUT2D eigenvalue weighted by atomic mass is 79.9. The number of aryl methyl sites for hydroxylation is 2. The number of hydrogen-bond acceptors (Lipinski definition) is 3. The number of methoxy groups -OCH3 is 1. The highest BCUT2D eigenvalue weighted by Gasteiger charge is 2.16. The third-order valence-corrected chi connectivity index (χ3v) is 4.91. The van der Waals surface area contributed by atoms with Gasteiger partial charge in [0.15, 0.2) is 0 Å². The molecule has 5 nitrogen and oxygen atoms in total. The van der Waals surface area contributed by atoms with Gasteiger partial charge in [-0.1, -0.05) is 34.1 Å². The Hall–Kier alpha value is -3.12. The summed E-state index contributed by atoms with van der Waals surface area (Å²) in [6.45, 7) is 3.76. The fraction of sp³-hybridized carbons (Fsp3) is 0.130. The molecule has 0 saturated heterocycles. The van der Waals surface area contributed by atoms with E-state index < -0.39 is 0 Å². The Morgan fingerprint density at radius 2 is 1.59 bits per heavy atom. The summed E-state index contributed by atoms with van der Waals surface area (Å²) in [5, 5.41) is 5.78. The van der Waals surface area contributed by atoms with Crippen molar-refractivity contribution >= 4 is 39.1 Å². The van der Waals surface area contributed by atoms with Crippen molar-refractivity contribution in [2.75, 3.05) is 17.7 Å². The number of ether oxygens (including phenoxy) is 1. The maximum absolute atomic E-state index is 12.8. The van der Waals surface area contributed by atoms with Crippen LogP contribution in [0.4, 0.5) is 11.4 Å². The van der Waals surface area contributed by atoms with Gasteiger partial charge in [0.25, 0.3) is 11.8 Å². The SMILES string of the molecule is COc1c(C)cc(Br)cc1C(=O)Nc1ccc(NC(=O)c2ccccc2)c(C)c1. The number of rotatable bonds is 5. The summed E-state index contributed by atoms with van der Waals surface area (Å²) in [5.41, 5.74) is 4.05. The van der Waals surface area contributed by atoms with Crippen LogP contribution in [0.3, 0.4) is 0 Å². The lowest BCUT2D eigenvalue weighted by Crippen LogP contribution is -2.15. The molecule has 3 rings (SSSR count). The standard InChI is InChI=1S/C23H21BrN2O3/c1-14-12-18(9-10-20(14)26-22(27)16-7-5-4-6-8-16)25-23(28)19-13-17(24)11-15(2)21(19)29-3/h4-13H,1-3H3,(H,25,28)(H,26,27). The van der Waals surface area contributed by atoms with E-state index in [1.165, 1.54) is 0 Å². The summed E-state index contributed by atoms with van der Waals surface area (Å²) in [7, 11) is 1.54. The maximum atomic E-state index is 12.8. The van der Waals surface area contributed by atoms with Crippen LogP contribution < -0.4 is 15.4 Å². The van der Waals surface area contributed by atoms with E-state index in [9.17, 15) is 9.59 Å². The van der Waals surface area contributed by atoms with Gasteiger partial charge < -0.3 is 15.4 Å². The Morgan fingerprint density at radius 1 is 0.862 bits per heavy atom. The normalized spacial score (nSPS) is 10.3. The molecule has 0 spiro atoms. The van der Waals surface area contributed by atoms with E-state index in [2.05, 4.69) is 26.6 Å². The molecule has 0 aliphatic heterocycles. The van der Waals surface area contributed by atoms with Gasteiger partial charge in [-0.2, -0.15) is 0 Å². The van der Waals surface area contributed by atoms with Crippen molar-refractivity contribution in [2.24, 2.45) is 0 Å². The lowest BCUT2D eigenvalue weighted by molar-refractivity contribution is 0.101. The monoisotopic (exact) mass is 452 g/mol. The van der Waals surface area contributed by atoms with Gasteiger partial charge in [0.05, 0.1) is 12.7 Å². The van der Waals surface area contributed by atoms with E-state index in [4.69, 9.17) is 4.74 Å². The number of hydrogen-bond donors (Lipinski definition) is 2. The summed E-state index contributed by atoms with van der Waals surface area (Å²) >= 11 is 3.42. The first kappa shape index (κ1) is 20.6. The molecular weight excluding hydrogens is 432 g/mol. The van der Waals surface area contributed by atoms with Crippen LogP contribution in [0.15, 0.2) is 65.1 Å². The Balaban J connectivity index is 1.77. The average Bonchev–Trinajstić information content (AvgIpc) is 2.70. The van der Waals surface area contributed by atoms with E-state index in [1.807, 2.05) is 44.2 Å². The molecule has 29 heavy (non-hydrogen) atoms. The number of carbonyl (C=O) groups is 2. The molecule has 0 fully saturated rings. The average molecular weight is 453 g/mol. The Kier molecular flexibility index (Phi) is 6.34. The highest BCUT2D eigenvalue weighted by molar-refractivity contribution is 9.10. The topological polar surface area (TPSA) is 67.4 Å². The van der Waals surface area contributed by atoms with Crippen molar-refractivity contribution in [1.29, 1.82) is 0 Å². The summed E-state index contributed by atoms with van der Waals surface area (Å²) in [6, 6.07) is 18.0. The van der Waals surface area contributed by atoms with Gasteiger partial charge in [0.2, 0.25) is 0 Å². The first-order chi connectivity index (χ1) is 13.9. The van der Waals surface area contributed by atoms with Crippen LogP contribution in [0.5, 0.6) is 5.75 Å². The minimum absolute atomic E-state index is 0.181. The van der Waals surface area contributed by atoms with Crippen molar-refractivity contribution in [2.45, 2.75) is 13.8 Å². The van der Waals surface area contributed by atoms with Crippen LogP contribution in [-0.2, 0) is 0 Å². The van der Waals surface area contributed by atoms with E-state index in [0.29, 0.717) is 28.3 Å². The number of nitrogens with one attached hydrogen (secondary N) is 2. The third kappa shape index (κ3) is 4.84. The highest BCUT2D eigenvalue weighted by Crippen LogP contribution is 2.29. The molecule has 0 unspecified atom stereocenters. The Labute approximate surface area is 178 Å². The van der Waals surface area contributed by atoms with Crippen molar-refractivity contribution in [1.82, 2.24) is 0 Å². The van der Waals surface area contributed by atoms with Gasteiger partial charge in [-0.15, -0.1) is 0 Å². The number of carbonyl (C=O) groups excluding carboxylic acids is 2. The molecule has 0 radical (unpaired) electrons. The molecule has 0 bridgehead atoms. The Bertz CT molecular complexity index is 1070. The van der Waals surface area contributed by atoms with E-state index >= 15 is 0 Å². The van der Waals surface area contributed by atoms with Gasteiger partial charge in [0, 0.05) is 21.4 Å². The van der Waals surface area contributed by atoms with Crippen LogP contribution in [-0.4, -0.2) is 18.9 Å². The third-order valence-electron chi connectivity index (χ3n) is 4.46. The summed E-state index contributed by atoms with van der Waals surface area (Å²) in [5.74, 6) is 0.0840. The van der Waals surface area contributed by atoms with E-state index in [1.54, 1.807) is 37.4 Å². The second kappa shape index (κ2) is 8.92. The van der Waals surface area contributed by atoms with Crippen LogP contribution in [0.1, 0.15) is 31.8 Å². The lowest BCUT2D eigenvalue weighted by Gasteiger charge is -2.14. The first-order valence-electron chi connectivity index (χ1n) is 9.01. The van der Waals surface area contributed by atoms with Crippen molar-refractivity contribution < 1.29 is 14.3 Å². The molecule has 3 aromatic rings. The molecule has 0 atom stereocenters. The van der Waals surface area contributed by atoms with Gasteiger partial charge >= 0.3 is 0 Å². The maximum Gasteiger partial charge on any atom is 0.259 e. The van der Waals surface area contributed by atoms with Crippen LogP contribution in [0, 0.1) is 13.8 Å². The fourth-order valence-electron chi connectivity index (χ4n) is 3.03. The zero-order chi connectivity index (χ0) is 21.0. The molecule has 2 amide bonds. The molecule has 0 aliphatic rings. The number of halogens is 1. The molecule has 148 valence electrons. The molecule has 0 aliphatic carbocycles. The lowest BCUT2D eigenvalue weighted by atomic mass is 10.1. The summed E-state index contributed by atoms with van der Waals surface area (Å²) in [4.78, 5) is 25.1. The van der Waals surface area contributed by atoms with Gasteiger partial charge in [-0.3, -0.25) is 9.59 Å². The quantitative estimate of drug-likeness (QED) is 0.530. The fourth-order valence-corrected chi connectivity index (χ4v) is 3.61. The zero-order valence-corrected chi connectivity index (χ0v) is 18.0. The number of benzene rings is 3. The first-order valence-corrected chi connectivity index (χ1v) is 9.81. The largest absolute Gasteiger partial charge is 0.496 e. The predicted octanol–water partition coefficient (Wildman–Crippen LogP) is 5.58. The van der Waals surface area contributed by atoms with Gasteiger partial charge in [-0.25, -0.2) is 0 Å². The molecule has 3 aromatic carbocycles. The molecule has 2 N–H and O–H groups in total. The van der Waals surface area contributed by atoms with Crippen molar-refractivity contribution in [3.63, 3.8) is 0 Å². The molecular formula is C23H21BrN2O3. The minimum atomic E-state index is -0.272. The molecule has 0 aromatic heterocycles. The Morgan fingerprint density at radius 3 is 2.24 bits per heavy atom. The smallest absolute Gasteiger partial charge is 0.259 e. The molecule has 0 saturated carbocycles. The van der Waals surface area contributed by atoms with Crippen molar-refractivity contribution in [3.05, 3.63) is 87.4 Å². The van der Waals surface area contributed by atoms with Crippen LogP contribution in [0.25, 0.3) is 0 Å². The molecule has 0 heterocycles. The van der Waals surface area contributed by atoms with Gasteiger partial charge in [-0.05, 0) is 67.4 Å². The molecule has 6 heteroatoms. The summed E-state index contributed by atoms with van der Waals surface area (Å²) in [6.07, 6.45) is 0. The minimum Gasteiger partial charge on any atom is -0.496 e. The van der Waals surface area contributed by atoms with Crippen molar-refractivity contribution in [3.8, 4) is 5.75 Å². The second-order valence-electron chi connectivity index (χ2n) is 6.61. The summed E-state index contributed by atoms with van der Waals surface area (Å²) < 4.78 is 6.19. The zero-order valence-electron chi connectivity index (χ0n) is 16.4. The van der Waals surface area contributed by atoms with Gasteiger partial charge in [0.1, 0.15) is 5.75 Å².